The van der Waals surface area contributed by atoms with E-state index in [2.05, 4.69) is 53.8 Å². The third kappa shape index (κ3) is 11.0. The molecule has 5 heterocycles. The van der Waals surface area contributed by atoms with Crippen LogP contribution in [0.15, 0.2) is 66.9 Å². The lowest BCUT2D eigenvalue weighted by Crippen LogP contribution is -2.54. The first-order valence-electron chi connectivity index (χ1n) is 22.6. The first kappa shape index (κ1) is 46.2. The molecule has 4 aliphatic rings. The second kappa shape index (κ2) is 20.4. The molecule has 1 atom stereocenters. The first-order valence-corrected chi connectivity index (χ1v) is 25.6. The summed E-state index contributed by atoms with van der Waals surface area (Å²) >= 11 is 6.57. The Kier molecular flexibility index (Phi) is 14.5. The van der Waals surface area contributed by atoms with Gasteiger partial charge in [0.2, 0.25) is 17.7 Å². The van der Waals surface area contributed by atoms with Gasteiger partial charge in [0, 0.05) is 130 Å². The molecule has 0 aliphatic carbocycles. The topological polar surface area (TPSA) is 169 Å². The van der Waals surface area contributed by atoms with Crippen LogP contribution in [0.25, 0.3) is 0 Å². The summed E-state index contributed by atoms with van der Waals surface area (Å²) in [7, 11) is -0.783. The second-order valence-electron chi connectivity index (χ2n) is 17.8. The van der Waals surface area contributed by atoms with Gasteiger partial charge in [-0.3, -0.25) is 34.3 Å². The highest BCUT2D eigenvalue weighted by Crippen LogP contribution is 2.37. The minimum atomic E-state index is -2.48. The zero-order valence-electron chi connectivity index (χ0n) is 37.5. The van der Waals surface area contributed by atoms with Crippen LogP contribution in [0.3, 0.4) is 0 Å². The fourth-order valence-corrected chi connectivity index (χ4v) is 11.0. The number of hydrogen-bond acceptors (Lipinski definition) is 12. The number of carbonyl (C=O) groups is 4. The van der Waals surface area contributed by atoms with Crippen molar-refractivity contribution in [1.82, 2.24) is 35.3 Å². The molecule has 8 rings (SSSR count). The maximum atomic E-state index is 13.1. The molecule has 344 valence electrons. The van der Waals surface area contributed by atoms with Gasteiger partial charge in [-0.15, -0.1) is 0 Å². The monoisotopic (exact) mass is 923 g/mol. The van der Waals surface area contributed by atoms with Gasteiger partial charge in [-0.25, -0.2) is 9.97 Å². The molecule has 0 radical (unpaired) electrons. The summed E-state index contributed by atoms with van der Waals surface area (Å²) < 4.78 is 18.9. The van der Waals surface area contributed by atoms with Crippen LogP contribution in [-0.2, 0) is 38.3 Å². The number of nitrogens with zero attached hydrogens (tertiary/aromatic N) is 6. The second-order valence-corrected chi connectivity index (χ2v) is 21.4. The van der Waals surface area contributed by atoms with Crippen molar-refractivity contribution in [2.75, 3.05) is 89.6 Å². The Morgan fingerprint density at radius 1 is 0.923 bits per heavy atom. The van der Waals surface area contributed by atoms with Crippen molar-refractivity contribution in [3.8, 4) is 5.75 Å². The van der Waals surface area contributed by atoms with E-state index in [1.54, 1.807) is 37.6 Å². The van der Waals surface area contributed by atoms with Gasteiger partial charge in [-0.2, -0.15) is 0 Å². The summed E-state index contributed by atoms with van der Waals surface area (Å²) in [6, 6.07) is 19.5. The van der Waals surface area contributed by atoms with E-state index in [0.29, 0.717) is 80.0 Å². The minimum absolute atomic E-state index is 0.0216. The minimum Gasteiger partial charge on any atom is -0.496 e. The van der Waals surface area contributed by atoms with Crippen LogP contribution in [0, 0.1) is 0 Å². The van der Waals surface area contributed by atoms with E-state index < -0.39 is 19.1 Å². The molecule has 0 saturated carbocycles. The quantitative estimate of drug-likeness (QED) is 0.0817. The lowest BCUT2D eigenvalue weighted by molar-refractivity contribution is -0.137. The molecule has 0 spiro atoms. The number of nitrogens with one attached hydrogen (secondary N) is 3. The standard InChI is InChI=1S/C48H59ClN9O6P/c1-64-42-28-35(13-12-32(42)27-44-52-29-38(49)40(53-44)26-33-8-4-5-11-43(33)65(2,3)63)56-20-16-34(17-21-56)57-24-22-55(23-25-57)31-46(60)51-19-7-18-50-39-10-6-9-36-37(39)30-58(48(36)62)41-14-15-45(59)54-47(41)61/h4-6,8-13,28-29,34,41,50H,7,14-27,30-31H2,1-3H3,(H,51,60)(H,54,59,61). The van der Waals surface area contributed by atoms with E-state index >= 15 is 0 Å². The van der Waals surface area contributed by atoms with Crippen LogP contribution in [0.5, 0.6) is 5.75 Å². The van der Waals surface area contributed by atoms with Gasteiger partial charge in [0.05, 0.1) is 24.4 Å². The number of piperazine rings is 1. The molecule has 0 bridgehead atoms. The summed E-state index contributed by atoms with van der Waals surface area (Å²) in [5.74, 6) is 0.534. The lowest BCUT2D eigenvalue weighted by atomic mass is 10.0. The molecule has 3 fully saturated rings. The average Bonchev–Trinajstić information content (AvgIpc) is 3.63. The molecule has 15 nitrogen and oxygen atoms in total. The number of fused-ring (bicyclic) bond motifs is 1. The Bertz CT molecular complexity index is 2470. The van der Waals surface area contributed by atoms with Crippen LogP contribution in [0.1, 0.15) is 70.7 Å². The Hall–Kier alpha value is -5.34. The summed E-state index contributed by atoms with van der Waals surface area (Å²) in [6.07, 6.45) is 5.99. The molecular formula is C48H59ClN9O6P. The Morgan fingerprint density at radius 2 is 1.71 bits per heavy atom. The third-order valence-electron chi connectivity index (χ3n) is 13.1. The molecule has 4 aliphatic heterocycles. The van der Waals surface area contributed by atoms with Crippen LogP contribution < -0.4 is 30.9 Å². The fourth-order valence-electron chi connectivity index (χ4n) is 9.59. The number of benzene rings is 3. The number of hydrogen-bond donors (Lipinski definition) is 3. The number of aromatic nitrogens is 2. The molecule has 1 aromatic heterocycles. The lowest BCUT2D eigenvalue weighted by Gasteiger charge is -2.43. The normalized spacial score (nSPS) is 18.7. The van der Waals surface area contributed by atoms with E-state index in [1.165, 1.54) is 0 Å². The number of amides is 4. The van der Waals surface area contributed by atoms with Gasteiger partial charge in [-0.1, -0.05) is 48.0 Å². The van der Waals surface area contributed by atoms with E-state index in [0.717, 1.165) is 91.2 Å². The zero-order valence-corrected chi connectivity index (χ0v) is 39.1. The molecule has 1 unspecified atom stereocenters. The largest absolute Gasteiger partial charge is 0.496 e. The predicted molar refractivity (Wildman–Crippen MR) is 253 cm³/mol. The highest BCUT2D eigenvalue weighted by molar-refractivity contribution is 7.70. The number of imide groups is 1. The highest BCUT2D eigenvalue weighted by atomic mass is 35.5. The maximum Gasteiger partial charge on any atom is 0.255 e. The van der Waals surface area contributed by atoms with Crippen LogP contribution in [-0.4, -0.2) is 140 Å². The van der Waals surface area contributed by atoms with Gasteiger partial charge >= 0.3 is 0 Å². The number of halogens is 1. The molecule has 3 N–H and O–H groups in total. The van der Waals surface area contributed by atoms with E-state index in [9.17, 15) is 23.7 Å². The van der Waals surface area contributed by atoms with Crippen molar-refractivity contribution >= 4 is 59.1 Å². The molecular weight excluding hydrogens is 865 g/mol. The Labute approximate surface area is 386 Å². The van der Waals surface area contributed by atoms with Gasteiger partial charge in [0.15, 0.2) is 0 Å². The fraction of sp³-hybridized carbons (Fsp3) is 0.458. The first-order chi connectivity index (χ1) is 31.3. The summed E-state index contributed by atoms with van der Waals surface area (Å²) in [5.41, 5.74) is 6.05. The van der Waals surface area contributed by atoms with E-state index in [-0.39, 0.29) is 24.1 Å². The highest BCUT2D eigenvalue weighted by Gasteiger charge is 2.40. The number of piperidine rings is 2. The molecule has 3 aromatic carbocycles. The zero-order chi connectivity index (χ0) is 45.7. The smallest absolute Gasteiger partial charge is 0.255 e. The van der Waals surface area contributed by atoms with E-state index in [4.69, 9.17) is 21.3 Å². The van der Waals surface area contributed by atoms with E-state index in [1.807, 2.05) is 36.4 Å². The van der Waals surface area contributed by atoms with Crippen molar-refractivity contribution in [3.63, 3.8) is 0 Å². The number of methoxy groups -OCH3 is 1. The van der Waals surface area contributed by atoms with Crippen LogP contribution in [0.4, 0.5) is 11.4 Å². The molecule has 4 amide bonds. The van der Waals surface area contributed by atoms with Crippen LogP contribution >= 0.6 is 18.7 Å². The van der Waals surface area contributed by atoms with Crippen molar-refractivity contribution < 1.29 is 28.5 Å². The predicted octanol–water partition coefficient (Wildman–Crippen LogP) is 4.53. The third-order valence-corrected chi connectivity index (χ3v) is 15.0. The van der Waals surface area contributed by atoms with Crippen LogP contribution in [0.2, 0.25) is 5.02 Å². The molecule has 17 heteroatoms. The summed E-state index contributed by atoms with van der Waals surface area (Å²) in [4.78, 5) is 68.3. The maximum absolute atomic E-state index is 13.1. The van der Waals surface area contributed by atoms with Crippen molar-refractivity contribution in [3.05, 3.63) is 106 Å². The summed E-state index contributed by atoms with van der Waals surface area (Å²) in [6.45, 7) is 10.9. The van der Waals surface area contributed by atoms with Crippen molar-refractivity contribution in [2.24, 2.45) is 0 Å². The Morgan fingerprint density at radius 3 is 2.46 bits per heavy atom. The van der Waals surface area contributed by atoms with Crippen molar-refractivity contribution in [2.45, 2.75) is 63.6 Å². The van der Waals surface area contributed by atoms with Gasteiger partial charge < -0.3 is 29.7 Å². The number of rotatable bonds is 16. The number of carbonyl (C=O) groups excluding carboxylic acids is 4. The van der Waals surface area contributed by atoms with Gasteiger partial charge in [-0.05, 0) is 62.8 Å². The molecule has 3 saturated heterocycles. The van der Waals surface area contributed by atoms with Crippen molar-refractivity contribution in [1.29, 1.82) is 0 Å². The number of anilines is 2. The molecule has 4 aromatic rings. The Balaban J connectivity index is 0.744. The number of ether oxygens (including phenoxy) is 1. The molecule has 65 heavy (non-hydrogen) atoms. The average molecular weight is 924 g/mol. The summed E-state index contributed by atoms with van der Waals surface area (Å²) in [5, 5.41) is 10.2. The van der Waals surface area contributed by atoms with Gasteiger partial charge in [0.1, 0.15) is 24.8 Å². The SMILES string of the molecule is COc1cc(N2CCC(N3CCN(CC(=O)NCCCNc4cccc5c4CN(C4CCC(=O)NC4=O)C5=O)CC3)CC2)ccc1Cc1ncc(Cl)c(Cc2ccccc2P(C)(C)=O)n1. The van der Waals surface area contributed by atoms with Gasteiger partial charge in [0.25, 0.3) is 5.91 Å².